The van der Waals surface area contributed by atoms with Crippen LogP contribution in [0.3, 0.4) is 0 Å². The summed E-state index contributed by atoms with van der Waals surface area (Å²) in [5.41, 5.74) is 3.64. The molecule has 1 aliphatic heterocycles. The molecule has 0 spiro atoms. The van der Waals surface area contributed by atoms with Crippen LogP contribution in [0.25, 0.3) is 0 Å². The number of hydrogen-bond donors (Lipinski definition) is 1. The van der Waals surface area contributed by atoms with Gasteiger partial charge in [0.25, 0.3) is 5.91 Å². The molecule has 0 aliphatic carbocycles. The first kappa shape index (κ1) is 22.2. The molecule has 1 fully saturated rings. The van der Waals surface area contributed by atoms with Crippen LogP contribution in [0.1, 0.15) is 64.1 Å². The first-order chi connectivity index (χ1) is 14.5. The van der Waals surface area contributed by atoms with E-state index in [9.17, 15) is 4.79 Å². The summed E-state index contributed by atoms with van der Waals surface area (Å²) in [4.78, 5) is 15.3. The number of carbonyl (C=O) groups is 1. The van der Waals surface area contributed by atoms with E-state index in [1.807, 2.05) is 38.1 Å². The van der Waals surface area contributed by atoms with E-state index in [-0.39, 0.29) is 11.9 Å². The SMILES string of the molecule is CCc1ccc(O[C@H](CC)C(=O)N[C@@H](C)c2ccc(N3CCC[C@@H](C)C3)cc2)cc1. The predicted molar refractivity (Wildman–Crippen MR) is 124 cm³/mol. The van der Waals surface area contributed by atoms with Gasteiger partial charge in [0, 0.05) is 18.8 Å². The molecule has 3 rings (SSSR count). The minimum atomic E-state index is -0.492. The standard InChI is InChI=1S/C26H36N2O2/c1-5-21-9-15-24(16-10-21)30-25(6-2)26(29)27-20(4)22-11-13-23(14-12-22)28-17-7-8-19(3)18-28/h9-16,19-20,25H,5-8,17-18H2,1-4H3,(H,27,29)/t19-,20+,25-/m1/s1. The van der Waals surface area contributed by atoms with Crippen molar-refractivity contribution in [3.63, 3.8) is 0 Å². The lowest BCUT2D eigenvalue weighted by Crippen LogP contribution is -2.39. The van der Waals surface area contributed by atoms with Crippen molar-refractivity contribution in [1.29, 1.82) is 0 Å². The van der Waals surface area contributed by atoms with Crippen LogP contribution in [0, 0.1) is 5.92 Å². The molecule has 2 aromatic rings. The summed E-state index contributed by atoms with van der Waals surface area (Å²) in [7, 11) is 0. The van der Waals surface area contributed by atoms with Crippen LogP contribution in [0.4, 0.5) is 5.69 Å². The molecular weight excluding hydrogens is 372 g/mol. The van der Waals surface area contributed by atoms with E-state index < -0.39 is 6.10 Å². The molecule has 4 nitrogen and oxygen atoms in total. The number of piperidine rings is 1. The summed E-state index contributed by atoms with van der Waals surface area (Å²) >= 11 is 0. The van der Waals surface area contributed by atoms with Gasteiger partial charge in [0.05, 0.1) is 6.04 Å². The van der Waals surface area contributed by atoms with E-state index in [1.165, 1.54) is 24.1 Å². The van der Waals surface area contributed by atoms with Crippen molar-refractivity contribution in [3.05, 3.63) is 59.7 Å². The second kappa shape index (κ2) is 10.5. The largest absolute Gasteiger partial charge is 0.481 e. The van der Waals surface area contributed by atoms with E-state index in [1.54, 1.807) is 0 Å². The van der Waals surface area contributed by atoms with Crippen molar-refractivity contribution in [3.8, 4) is 5.75 Å². The fourth-order valence-electron chi connectivity index (χ4n) is 4.08. The maximum absolute atomic E-state index is 12.8. The van der Waals surface area contributed by atoms with Gasteiger partial charge < -0.3 is 15.0 Å². The highest BCUT2D eigenvalue weighted by molar-refractivity contribution is 5.81. The van der Waals surface area contributed by atoms with E-state index in [0.29, 0.717) is 6.42 Å². The molecule has 1 saturated heterocycles. The Morgan fingerprint density at radius 3 is 2.43 bits per heavy atom. The first-order valence-electron chi connectivity index (χ1n) is 11.4. The number of ether oxygens (including phenoxy) is 1. The molecule has 2 aromatic carbocycles. The second-order valence-electron chi connectivity index (χ2n) is 8.53. The van der Waals surface area contributed by atoms with Crippen molar-refractivity contribution in [2.45, 2.75) is 65.5 Å². The van der Waals surface area contributed by atoms with E-state index >= 15 is 0 Å². The van der Waals surface area contributed by atoms with Crippen molar-refractivity contribution in [2.24, 2.45) is 5.92 Å². The van der Waals surface area contributed by atoms with Crippen LogP contribution in [0.2, 0.25) is 0 Å². The van der Waals surface area contributed by atoms with E-state index in [2.05, 4.69) is 48.3 Å². The van der Waals surface area contributed by atoms with Gasteiger partial charge >= 0.3 is 0 Å². The fourth-order valence-corrected chi connectivity index (χ4v) is 4.08. The zero-order valence-electron chi connectivity index (χ0n) is 18.9. The van der Waals surface area contributed by atoms with Gasteiger partial charge in [-0.05, 0) is 73.9 Å². The second-order valence-corrected chi connectivity index (χ2v) is 8.53. The highest BCUT2D eigenvalue weighted by Gasteiger charge is 2.21. The van der Waals surface area contributed by atoms with Crippen LogP contribution >= 0.6 is 0 Å². The molecule has 30 heavy (non-hydrogen) atoms. The number of carbonyl (C=O) groups excluding carboxylic acids is 1. The molecule has 0 unspecified atom stereocenters. The Bertz CT molecular complexity index is 801. The molecule has 3 atom stereocenters. The highest BCUT2D eigenvalue weighted by atomic mass is 16.5. The van der Waals surface area contributed by atoms with Crippen molar-refractivity contribution >= 4 is 11.6 Å². The van der Waals surface area contributed by atoms with Gasteiger partial charge in [0.15, 0.2) is 6.10 Å². The maximum Gasteiger partial charge on any atom is 0.261 e. The number of hydrogen-bond acceptors (Lipinski definition) is 3. The van der Waals surface area contributed by atoms with Gasteiger partial charge in [-0.25, -0.2) is 0 Å². The van der Waals surface area contributed by atoms with Gasteiger partial charge in [-0.15, -0.1) is 0 Å². The molecule has 1 heterocycles. The van der Waals surface area contributed by atoms with Gasteiger partial charge in [0.2, 0.25) is 0 Å². The summed E-state index contributed by atoms with van der Waals surface area (Å²) in [5, 5.41) is 3.12. The summed E-state index contributed by atoms with van der Waals surface area (Å²) in [6, 6.07) is 16.5. The molecule has 0 aromatic heterocycles. The third-order valence-electron chi connectivity index (χ3n) is 6.05. The summed E-state index contributed by atoms with van der Waals surface area (Å²) in [5.74, 6) is 1.42. The van der Waals surface area contributed by atoms with Gasteiger partial charge in [0.1, 0.15) is 5.75 Å². The number of anilines is 1. The monoisotopic (exact) mass is 408 g/mol. The maximum atomic E-state index is 12.8. The predicted octanol–water partition coefficient (Wildman–Crippen LogP) is 5.52. The Hall–Kier alpha value is -2.49. The average Bonchev–Trinajstić information content (AvgIpc) is 2.77. The Balaban J connectivity index is 1.57. The van der Waals surface area contributed by atoms with Crippen molar-refractivity contribution in [2.75, 3.05) is 18.0 Å². The summed E-state index contributed by atoms with van der Waals surface area (Å²) in [6.45, 7) is 10.7. The minimum Gasteiger partial charge on any atom is -0.481 e. The quantitative estimate of drug-likeness (QED) is 0.625. The van der Waals surface area contributed by atoms with Gasteiger partial charge in [-0.1, -0.05) is 45.0 Å². The Labute approximate surface area is 181 Å². The minimum absolute atomic E-state index is 0.0630. The smallest absolute Gasteiger partial charge is 0.261 e. The van der Waals surface area contributed by atoms with E-state index in [0.717, 1.165) is 36.7 Å². The first-order valence-corrected chi connectivity index (χ1v) is 11.4. The topological polar surface area (TPSA) is 41.6 Å². The third-order valence-corrected chi connectivity index (χ3v) is 6.05. The molecule has 1 N–H and O–H groups in total. The van der Waals surface area contributed by atoms with Crippen molar-refractivity contribution in [1.82, 2.24) is 5.32 Å². The lowest BCUT2D eigenvalue weighted by molar-refractivity contribution is -0.128. The Morgan fingerprint density at radius 2 is 1.83 bits per heavy atom. The molecule has 1 amide bonds. The molecule has 0 saturated carbocycles. The summed E-state index contributed by atoms with van der Waals surface area (Å²) < 4.78 is 5.95. The van der Waals surface area contributed by atoms with Gasteiger partial charge in [-0.2, -0.15) is 0 Å². The third kappa shape index (κ3) is 5.78. The highest BCUT2D eigenvalue weighted by Crippen LogP contribution is 2.25. The van der Waals surface area contributed by atoms with Crippen molar-refractivity contribution < 1.29 is 9.53 Å². The van der Waals surface area contributed by atoms with Gasteiger partial charge in [-0.3, -0.25) is 4.79 Å². The normalized spacial score (nSPS) is 18.5. The number of rotatable bonds is 8. The zero-order valence-corrected chi connectivity index (χ0v) is 18.9. The molecule has 1 aliphatic rings. The molecule has 4 heteroatoms. The average molecular weight is 409 g/mol. The van der Waals surface area contributed by atoms with Crippen LogP contribution in [-0.2, 0) is 11.2 Å². The molecular formula is C26H36N2O2. The summed E-state index contributed by atoms with van der Waals surface area (Å²) in [6.07, 6.45) is 3.70. The number of benzene rings is 2. The number of aryl methyl sites for hydroxylation is 1. The lowest BCUT2D eigenvalue weighted by Gasteiger charge is -2.33. The zero-order chi connectivity index (χ0) is 21.5. The van der Waals surface area contributed by atoms with Crippen LogP contribution in [-0.4, -0.2) is 25.1 Å². The van der Waals surface area contributed by atoms with Crippen LogP contribution in [0.5, 0.6) is 5.75 Å². The van der Waals surface area contributed by atoms with E-state index in [4.69, 9.17) is 4.74 Å². The molecule has 162 valence electrons. The fraction of sp³-hybridized carbons (Fsp3) is 0.500. The Morgan fingerprint density at radius 1 is 1.13 bits per heavy atom. The molecule has 0 radical (unpaired) electrons. The Kier molecular flexibility index (Phi) is 7.78. The number of nitrogens with one attached hydrogen (secondary N) is 1. The van der Waals surface area contributed by atoms with Crippen LogP contribution < -0.4 is 15.0 Å². The van der Waals surface area contributed by atoms with Crippen LogP contribution in [0.15, 0.2) is 48.5 Å². The number of nitrogens with zero attached hydrogens (tertiary/aromatic N) is 1. The lowest BCUT2D eigenvalue weighted by atomic mass is 9.99. The molecule has 0 bridgehead atoms. The number of amides is 1.